The molecule has 0 aromatic heterocycles. The Balaban J connectivity index is 2.49. The van der Waals surface area contributed by atoms with Crippen molar-refractivity contribution in [3.05, 3.63) is 33.8 Å². The maximum absolute atomic E-state index is 12.0. The first-order valence-electron chi connectivity index (χ1n) is 5.15. The average molecular weight is 316 g/mol. The number of rotatable bonds is 4. The van der Waals surface area contributed by atoms with Crippen molar-refractivity contribution in [1.82, 2.24) is 5.32 Å². The minimum Gasteiger partial charge on any atom is -0.382 e. The van der Waals surface area contributed by atoms with E-state index in [1.165, 1.54) is 18.2 Å². The zero-order valence-corrected chi connectivity index (χ0v) is 11.0. The largest absolute Gasteiger partial charge is 0.416 e. The first kappa shape index (κ1) is 16.1. The van der Waals surface area contributed by atoms with E-state index in [0.29, 0.717) is 10.6 Å². The number of carbonyl (C=O) groups is 1. The Morgan fingerprint density at radius 2 is 1.95 bits per heavy atom. The monoisotopic (exact) mass is 315 g/mol. The Kier molecular flexibility index (Phi) is 5.46. The van der Waals surface area contributed by atoms with Gasteiger partial charge in [0.25, 0.3) is 0 Å². The first-order chi connectivity index (χ1) is 8.70. The second kappa shape index (κ2) is 6.45. The third-order valence-corrected chi connectivity index (χ3v) is 2.96. The number of benzene rings is 1. The van der Waals surface area contributed by atoms with Crippen LogP contribution in [0.15, 0.2) is 18.2 Å². The number of nitrogens with one attached hydrogen (secondary N) is 1. The molecule has 8 heteroatoms. The van der Waals surface area contributed by atoms with Gasteiger partial charge in [0, 0.05) is 0 Å². The number of carbonyl (C=O) groups excluding carboxylic acids is 1. The van der Waals surface area contributed by atoms with Crippen molar-refractivity contribution in [2.75, 3.05) is 6.54 Å². The Labute approximate surface area is 117 Å². The molecule has 0 aliphatic rings. The summed E-state index contributed by atoms with van der Waals surface area (Å²) in [6.45, 7) is -0.885. The molecule has 0 radical (unpaired) electrons. The van der Waals surface area contributed by atoms with Crippen LogP contribution in [0.4, 0.5) is 13.2 Å². The normalized spacial score (nSPS) is 13.2. The number of halogens is 5. The number of amides is 1. The van der Waals surface area contributed by atoms with Gasteiger partial charge in [-0.3, -0.25) is 4.79 Å². The fraction of sp³-hybridized carbons (Fsp3) is 0.364. The molecule has 2 N–H and O–H groups in total. The van der Waals surface area contributed by atoms with Gasteiger partial charge < -0.3 is 10.4 Å². The van der Waals surface area contributed by atoms with Gasteiger partial charge in [-0.05, 0) is 17.7 Å². The zero-order valence-electron chi connectivity index (χ0n) is 9.47. The lowest BCUT2D eigenvalue weighted by atomic mass is 10.1. The lowest BCUT2D eigenvalue weighted by molar-refractivity contribution is -0.201. The fourth-order valence-corrected chi connectivity index (χ4v) is 1.54. The van der Waals surface area contributed by atoms with E-state index in [4.69, 9.17) is 28.3 Å². The first-order valence-corrected chi connectivity index (χ1v) is 5.91. The van der Waals surface area contributed by atoms with E-state index in [1.807, 2.05) is 5.32 Å². The van der Waals surface area contributed by atoms with Crippen molar-refractivity contribution in [2.24, 2.45) is 0 Å². The maximum atomic E-state index is 12.0. The van der Waals surface area contributed by atoms with Gasteiger partial charge in [0.05, 0.1) is 23.0 Å². The molecule has 0 saturated heterocycles. The minimum atomic E-state index is -4.75. The smallest absolute Gasteiger partial charge is 0.382 e. The molecule has 1 aromatic rings. The number of aliphatic hydroxyl groups is 1. The average Bonchev–Trinajstić information content (AvgIpc) is 2.29. The van der Waals surface area contributed by atoms with Crippen molar-refractivity contribution in [2.45, 2.75) is 18.7 Å². The molecule has 106 valence electrons. The van der Waals surface area contributed by atoms with Crippen molar-refractivity contribution in [1.29, 1.82) is 0 Å². The van der Waals surface area contributed by atoms with Gasteiger partial charge in [-0.2, -0.15) is 13.2 Å². The summed E-state index contributed by atoms with van der Waals surface area (Å²) in [7, 11) is 0. The highest BCUT2D eigenvalue weighted by atomic mass is 35.5. The topological polar surface area (TPSA) is 49.3 Å². The van der Waals surface area contributed by atoms with Crippen LogP contribution in [0.5, 0.6) is 0 Å². The van der Waals surface area contributed by atoms with Gasteiger partial charge in [0.1, 0.15) is 0 Å². The highest BCUT2D eigenvalue weighted by Gasteiger charge is 2.38. The van der Waals surface area contributed by atoms with Crippen LogP contribution in [-0.2, 0) is 11.2 Å². The summed E-state index contributed by atoms with van der Waals surface area (Å²) in [4.78, 5) is 11.4. The van der Waals surface area contributed by atoms with Crippen molar-refractivity contribution < 1.29 is 23.1 Å². The molecular formula is C11H10Cl2F3NO2. The molecule has 1 atom stereocenters. The predicted molar refractivity (Wildman–Crippen MR) is 65.2 cm³/mol. The Morgan fingerprint density at radius 1 is 1.32 bits per heavy atom. The minimum absolute atomic E-state index is 0.151. The predicted octanol–water partition coefficient (Wildman–Crippen LogP) is 2.58. The number of hydrogen-bond acceptors (Lipinski definition) is 2. The van der Waals surface area contributed by atoms with Crippen LogP contribution in [0, 0.1) is 0 Å². The van der Waals surface area contributed by atoms with E-state index in [2.05, 4.69) is 0 Å². The molecule has 0 fully saturated rings. The van der Waals surface area contributed by atoms with Crippen LogP contribution in [-0.4, -0.2) is 29.8 Å². The summed E-state index contributed by atoms with van der Waals surface area (Å²) < 4.78 is 36.0. The fourth-order valence-electron chi connectivity index (χ4n) is 1.22. The molecule has 0 bridgehead atoms. The summed E-state index contributed by atoms with van der Waals surface area (Å²) >= 11 is 11.4. The standard InChI is InChI=1S/C11H10Cl2F3NO2/c12-7-2-1-6(3-8(7)13)4-10(19)17-5-9(18)11(14,15)16/h1-3,9,18H,4-5H2,(H,17,19). The van der Waals surface area contributed by atoms with Gasteiger partial charge in [0.2, 0.25) is 5.91 Å². The molecule has 0 aliphatic heterocycles. The van der Waals surface area contributed by atoms with Gasteiger partial charge in [0.15, 0.2) is 6.10 Å². The van der Waals surface area contributed by atoms with E-state index < -0.39 is 24.7 Å². The van der Waals surface area contributed by atoms with Crippen LogP contribution in [0.25, 0.3) is 0 Å². The van der Waals surface area contributed by atoms with Crippen LogP contribution in [0.3, 0.4) is 0 Å². The van der Waals surface area contributed by atoms with Gasteiger partial charge in [-0.15, -0.1) is 0 Å². The summed E-state index contributed by atoms with van der Waals surface area (Å²) in [6.07, 6.45) is -7.48. The molecule has 0 aliphatic carbocycles. The number of aliphatic hydroxyl groups excluding tert-OH is 1. The van der Waals surface area contributed by atoms with E-state index in [-0.39, 0.29) is 11.4 Å². The van der Waals surface area contributed by atoms with Gasteiger partial charge in [-0.25, -0.2) is 0 Å². The van der Waals surface area contributed by atoms with Gasteiger partial charge in [-0.1, -0.05) is 29.3 Å². The maximum Gasteiger partial charge on any atom is 0.416 e. The molecular weight excluding hydrogens is 306 g/mol. The quantitative estimate of drug-likeness (QED) is 0.897. The second-order valence-electron chi connectivity index (χ2n) is 3.79. The van der Waals surface area contributed by atoms with E-state index in [1.54, 1.807) is 0 Å². The SMILES string of the molecule is O=C(Cc1ccc(Cl)c(Cl)c1)NCC(O)C(F)(F)F. The highest BCUT2D eigenvalue weighted by molar-refractivity contribution is 6.42. The van der Waals surface area contributed by atoms with E-state index in [0.717, 1.165) is 0 Å². The molecule has 1 unspecified atom stereocenters. The molecule has 0 saturated carbocycles. The Morgan fingerprint density at radius 3 is 2.47 bits per heavy atom. The lowest BCUT2D eigenvalue weighted by Gasteiger charge is -2.15. The summed E-state index contributed by atoms with van der Waals surface area (Å²) in [5.74, 6) is -0.651. The van der Waals surface area contributed by atoms with Crippen LogP contribution in [0.1, 0.15) is 5.56 Å². The van der Waals surface area contributed by atoms with Gasteiger partial charge >= 0.3 is 6.18 Å². The van der Waals surface area contributed by atoms with E-state index in [9.17, 15) is 18.0 Å². The molecule has 1 aromatic carbocycles. The zero-order chi connectivity index (χ0) is 14.6. The Bertz CT molecular complexity index is 466. The molecule has 1 amide bonds. The summed E-state index contributed by atoms with van der Waals surface area (Å²) in [5, 5.41) is 11.3. The highest BCUT2D eigenvalue weighted by Crippen LogP contribution is 2.23. The van der Waals surface area contributed by atoms with E-state index >= 15 is 0 Å². The van der Waals surface area contributed by atoms with Crippen LogP contribution < -0.4 is 5.32 Å². The van der Waals surface area contributed by atoms with Crippen molar-refractivity contribution >= 4 is 29.1 Å². The third kappa shape index (κ3) is 5.26. The molecule has 0 spiro atoms. The summed E-state index contributed by atoms with van der Waals surface area (Å²) in [5.41, 5.74) is 0.508. The molecule has 0 heterocycles. The van der Waals surface area contributed by atoms with Crippen molar-refractivity contribution in [3.63, 3.8) is 0 Å². The number of alkyl halides is 3. The molecule has 1 rings (SSSR count). The third-order valence-electron chi connectivity index (χ3n) is 2.22. The lowest BCUT2D eigenvalue weighted by Crippen LogP contribution is -2.41. The van der Waals surface area contributed by atoms with Crippen LogP contribution >= 0.6 is 23.2 Å². The summed E-state index contributed by atoms with van der Waals surface area (Å²) in [6, 6.07) is 4.47. The molecule has 19 heavy (non-hydrogen) atoms. The number of hydrogen-bond donors (Lipinski definition) is 2. The Hall–Kier alpha value is -0.980. The van der Waals surface area contributed by atoms with Crippen molar-refractivity contribution in [3.8, 4) is 0 Å². The van der Waals surface area contributed by atoms with Crippen LogP contribution in [0.2, 0.25) is 10.0 Å². The molecule has 3 nitrogen and oxygen atoms in total. The second-order valence-corrected chi connectivity index (χ2v) is 4.60.